The van der Waals surface area contributed by atoms with Crippen LogP contribution in [0.2, 0.25) is 5.02 Å². The highest BCUT2D eigenvalue weighted by atomic mass is 35.5. The number of aryl methyl sites for hydroxylation is 1. The largest absolute Gasteiger partial charge is 0.317 e. The summed E-state index contributed by atoms with van der Waals surface area (Å²) in [5.41, 5.74) is 1.09. The minimum Gasteiger partial charge on any atom is -0.317 e. The van der Waals surface area contributed by atoms with Crippen molar-refractivity contribution < 1.29 is 0 Å². The second kappa shape index (κ2) is 5.12. The lowest BCUT2D eigenvalue weighted by atomic mass is 10.1. The lowest BCUT2D eigenvalue weighted by Crippen LogP contribution is -2.03. The summed E-state index contributed by atoms with van der Waals surface area (Å²) in [4.78, 5) is 0. The Balaban J connectivity index is 2.20. The van der Waals surface area contributed by atoms with E-state index in [0.717, 1.165) is 35.8 Å². The molecule has 2 rings (SSSR count). The zero-order valence-electron chi connectivity index (χ0n) is 9.23. The Kier molecular flexibility index (Phi) is 3.57. The van der Waals surface area contributed by atoms with Crippen LogP contribution in [0.3, 0.4) is 0 Å². The number of halogens is 1. The van der Waals surface area contributed by atoms with Gasteiger partial charge in [-0.15, -0.1) is 10.2 Å². The van der Waals surface area contributed by atoms with Crippen molar-refractivity contribution in [3.05, 3.63) is 47.0 Å². The first kappa shape index (κ1) is 11.1. The zero-order valence-corrected chi connectivity index (χ0v) is 9.98. The summed E-state index contributed by atoms with van der Waals surface area (Å²) in [6.45, 7) is 3.09. The molecule has 0 fully saturated rings. The lowest BCUT2D eigenvalue weighted by Gasteiger charge is -2.05. The van der Waals surface area contributed by atoms with Gasteiger partial charge in [0.1, 0.15) is 12.2 Å². The smallest absolute Gasteiger partial charge is 0.137 e. The van der Waals surface area contributed by atoms with Crippen LogP contribution in [0, 0.1) is 0 Å². The van der Waals surface area contributed by atoms with E-state index in [1.165, 1.54) is 0 Å². The van der Waals surface area contributed by atoms with Gasteiger partial charge in [-0.3, -0.25) is 0 Å². The molecule has 0 aliphatic carbocycles. The van der Waals surface area contributed by atoms with Crippen LogP contribution in [0.5, 0.6) is 0 Å². The first-order valence-corrected chi connectivity index (χ1v) is 5.79. The van der Waals surface area contributed by atoms with Gasteiger partial charge >= 0.3 is 0 Å². The third-order valence-electron chi connectivity index (χ3n) is 2.47. The summed E-state index contributed by atoms with van der Waals surface area (Å²) in [5.74, 6) is 0.968. The average molecular weight is 236 g/mol. The van der Waals surface area contributed by atoms with Crippen molar-refractivity contribution in [3.8, 4) is 0 Å². The van der Waals surface area contributed by atoms with Crippen LogP contribution in [-0.4, -0.2) is 14.8 Å². The van der Waals surface area contributed by atoms with E-state index in [2.05, 4.69) is 21.7 Å². The second-order valence-electron chi connectivity index (χ2n) is 3.71. The fraction of sp³-hybridized carbons (Fsp3) is 0.333. The summed E-state index contributed by atoms with van der Waals surface area (Å²) in [7, 11) is 0. The second-order valence-corrected chi connectivity index (χ2v) is 4.12. The molecule has 0 saturated heterocycles. The van der Waals surface area contributed by atoms with E-state index in [4.69, 9.17) is 11.6 Å². The third kappa shape index (κ3) is 2.42. The zero-order chi connectivity index (χ0) is 11.4. The molecule has 0 bridgehead atoms. The fourth-order valence-corrected chi connectivity index (χ4v) is 1.86. The number of rotatable bonds is 4. The normalized spacial score (nSPS) is 10.6. The molecule has 0 amide bonds. The van der Waals surface area contributed by atoms with Crippen molar-refractivity contribution in [1.82, 2.24) is 14.8 Å². The Morgan fingerprint density at radius 1 is 1.31 bits per heavy atom. The van der Waals surface area contributed by atoms with Crippen LogP contribution in [0.25, 0.3) is 0 Å². The molecule has 0 spiro atoms. The molecule has 4 heteroatoms. The van der Waals surface area contributed by atoms with E-state index < -0.39 is 0 Å². The Morgan fingerprint density at radius 3 is 2.88 bits per heavy atom. The van der Waals surface area contributed by atoms with E-state index in [9.17, 15) is 0 Å². The molecule has 0 aliphatic heterocycles. The number of nitrogens with zero attached hydrogens (tertiary/aromatic N) is 3. The van der Waals surface area contributed by atoms with Gasteiger partial charge in [-0.05, 0) is 18.1 Å². The molecule has 1 heterocycles. The molecule has 0 unspecified atom stereocenters. The number of hydrogen-bond donors (Lipinski definition) is 0. The van der Waals surface area contributed by atoms with Crippen LogP contribution in [0.4, 0.5) is 0 Å². The monoisotopic (exact) mass is 235 g/mol. The van der Waals surface area contributed by atoms with Crippen molar-refractivity contribution in [1.29, 1.82) is 0 Å². The van der Waals surface area contributed by atoms with Gasteiger partial charge in [-0.1, -0.05) is 36.7 Å². The molecule has 84 valence electrons. The van der Waals surface area contributed by atoms with Crippen LogP contribution < -0.4 is 0 Å². The van der Waals surface area contributed by atoms with Gasteiger partial charge in [0.2, 0.25) is 0 Å². The summed E-state index contributed by atoms with van der Waals surface area (Å²) in [6, 6.07) is 7.84. The molecular formula is C12H14ClN3. The van der Waals surface area contributed by atoms with E-state index in [1.54, 1.807) is 6.33 Å². The van der Waals surface area contributed by atoms with Crippen LogP contribution in [0.1, 0.15) is 24.7 Å². The standard InChI is InChI=1S/C12H14ClN3/c1-2-7-16-9-14-15-12(16)8-10-5-3-4-6-11(10)13/h3-6,9H,2,7-8H2,1H3. The first-order valence-electron chi connectivity index (χ1n) is 5.41. The molecular weight excluding hydrogens is 222 g/mol. The van der Waals surface area contributed by atoms with Crippen LogP contribution >= 0.6 is 11.6 Å². The number of hydrogen-bond acceptors (Lipinski definition) is 2. The first-order chi connectivity index (χ1) is 7.81. The lowest BCUT2D eigenvalue weighted by molar-refractivity contribution is 0.646. The Hall–Kier alpha value is -1.35. The van der Waals surface area contributed by atoms with Crippen LogP contribution in [-0.2, 0) is 13.0 Å². The van der Waals surface area contributed by atoms with E-state index >= 15 is 0 Å². The predicted octanol–water partition coefficient (Wildman–Crippen LogP) is 2.93. The van der Waals surface area contributed by atoms with Crippen molar-refractivity contribution >= 4 is 11.6 Å². The Morgan fingerprint density at radius 2 is 2.12 bits per heavy atom. The third-order valence-corrected chi connectivity index (χ3v) is 2.84. The Labute approximate surface area is 100 Å². The predicted molar refractivity (Wildman–Crippen MR) is 64.6 cm³/mol. The molecule has 3 nitrogen and oxygen atoms in total. The highest BCUT2D eigenvalue weighted by Crippen LogP contribution is 2.17. The maximum absolute atomic E-state index is 6.11. The SMILES string of the molecule is CCCn1cnnc1Cc1ccccc1Cl. The minimum absolute atomic E-state index is 0.736. The van der Waals surface area contributed by atoms with Gasteiger partial charge in [0.25, 0.3) is 0 Å². The van der Waals surface area contributed by atoms with E-state index in [-0.39, 0.29) is 0 Å². The summed E-state index contributed by atoms with van der Waals surface area (Å²) >= 11 is 6.11. The minimum atomic E-state index is 0.736. The summed E-state index contributed by atoms with van der Waals surface area (Å²) < 4.78 is 2.07. The van der Waals surface area contributed by atoms with Gasteiger partial charge < -0.3 is 4.57 Å². The summed E-state index contributed by atoms with van der Waals surface area (Å²) in [5, 5.41) is 8.85. The molecule has 1 aromatic heterocycles. The van der Waals surface area contributed by atoms with E-state index in [1.807, 2.05) is 24.3 Å². The molecule has 0 radical (unpaired) electrons. The maximum atomic E-state index is 6.11. The van der Waals surface area contributed by atoms with E-state index in [0.29, 0.717) is 0 Å². The molecule has 2 aromatic rings. The van der Waals surface area contributed by atoms with Crippen molar-refractivity contribution in [2.45, 2.75) is 26.3 Å². The topological polar surface area (TPSA) is 30.7 Å². The Bertz CT molecular complexity index is 465. The molecule has 0 saturated carbocycles. The summed E-state index contributed by atoms with van der Waals surface area (Å²) in [6.07, 6.45) is 3.59. The van der Waals surface area contributed by atoms with Gasteiger partial charge in [0.05, 0.1) is 0 Å². The molecule has 0 aliphatic rings. The van der Waals surface area contributed by atoms with Crippen molar-refractivity contribution in [3.63, 3.8) is 0 Å². The number of benzene rings is 1. The van der Waals surface area contributed by atoms with Gasteiger partial charge in [-0.25, -0.2) is 0 Å². The van der Waals surface area contributed by atoms with Gasteiger partial charge in [0, 0.05) is 18.0 Å². The van der Waals surface area contributed by atoms with Gasteiger partial charge in [0.15, 0.2) is 0 Å². The molecule has 16 heavy (non-hydrogen) atoms. The quantitative estimate of drug-likeness (QED) is 0.816. The van der Waals surface area contributed by atoms with Crippen molar-refractivity contribution in [2.75, 3.05) is 0 Å². The fourth-order valence-electron chi connectivity index (χ4n) is 1.66. The molecule has 0 atom stereocenters. The number of aromatic nitrogens is 3. The van der Waals surface area contributed by atoms with Crippen molar-refractivity contribution in [2.24, 2.45) is 0 Å². The molecule has 0 N–H and O–H groups in total. The maximum Gasteiger partial charge on any atom is 0.137 e. The van der Waals surface area contributed by atoms with Gasteiger partial charge in [-0.2, -0.15) is 0 Å². The highest BCUT2D eigenvalue weighted by molar-refractivity contribution is 6.31. The highest BCUT2D eigenvalue weighted by Gasteiger charge is 2.06. The van der Waals surface area contributed by atoms with Crippen LogP contribution in [0.15, 0.2) is 30.6 Å². The molecule has 1 aromatic carbocycles. The average Bonchev–Trinajstić information content (AvgIpc) is 2.70.